The largest absolute Gasteiger partial charge is 0.417 e. The highest BCUT2D eigenvalue weighted by molar-refractivity contribution is 5.87. The highest BCUT2D eigenvalue weighted by atomic mass is 19.4. The first kappa shape index (κ1) is 13.7. The molecule has 0 spiro atoms. The van der Waals surface area contributed by atoms with E-state index in [-0.39, 0.29) is 19.4 Å². The van der Waals surface area contributed by atoms with E-state index in [4.69, 9.17) is 0 Å². The second kappa shape index (κ2) is 4.76. The third-order valence-corrected chi connectivity index (χ3v) is 2.72. The molecule has 1 amide bonds. The van der Waals surface area contributed by atoms with Gasteiger partial charge in [-0.1, -0.05) is 0 Å². The van der Waals surface area contributed by atoms with Crippen LogP contribution in [-0.2, 0) is 17.5 Å². The lowest BCUT2D eigenvalue weighted by molar-refractivity contribution is -0.137. The summed E-state index contributed by atoms with van der Waals surface area (Å²) in [6.07, 6.45) is -3.34. The summed E-state index contributed by atoms with van der Waals surface area (Å²) in [5, 5.41) is 0. The molecule has 1 aromatic heterocycles. The molecule has 19 heavy (non-hydrogen) atoms. The van der Waals surface area contributed by atoms with Gasteiger partial charge in [-0.25, -0.2) is 9.82 Å². The third-order valence-electron chi connectivity index (χ3n) is 2.72. The Bertz CT molecular complexity index is 468. The first-order valence-corrected chi connectivity index (χ1v) is 5.56. The monoisotopic (exact) mass is 277 g/mol. The summed E-state index contributed by atoms with van der Waals surface area (Å²) in [6, 6.07) is 2.08. The van der Waals surface area contributed by atoms with Crippen molar-refractivity contribution < 1.29 is 22.4 Å². The fourth-order valence-electron chi connectivity index (χ4n) is 1.36. The minimum absolute atomic E-state index is 0.0138. The van der Waals surface area contributed by atoms with Crippen molar-refractivity contribution in [2.45, 2.75) is 31.2 Å². The molecule has 8 heteroatoms. The molecule has 2 N–H and O–H groups in total. The smallest absolute Gasteiger partial charge is 0.288 e. The van der Waals surface area contributed by atoms with Crippen molar-refractivity contribution in [3.8, 4) is 0 Å². The zero-order valence-corrected chi connectivity index (χ0v) is 9.72. The van der Waals surface area contributed by atoms with Crippen LogP contribution < -0.4 is 10.9 Å². The number of amides is 1. The Morgan fingerprint density at radius 3 is 2.53 bits per heavy atom. The number of nitrogens with zero attached hydrogens (tertiary/aromatic N) is 1. The summed E-state index contributed by atoms with van der Waals surface area (Å²) in [6.45, 7) is 0.0138. The Kier molecular flexibility index (Phi) is 3.44. The summed E-state index contributed by atoms with van der Waals surface area (Å²) in [5.41, 5.74) is 2.24. The first-order chi connectivity index (χ1) is 8.81. The van der Waals surface area contributed by atoms with E-state index in [1.807, 2.05) is 0 Å². The van der Waals surface area contributed by atoms with Crippen molar-refractivity contribution in [2.75, 3.05) is 0 Å². The van der Waals surface area contributed by atoms with Crippen LogP contribution in [0.1, 0.15) is 24.1 Å². The highest BCUT2D eigenvalue weighted by Crippen LogP contribution is 2.39. The molecule has 0 unspecified atom stereocenters. The zero-order chi connectivity index (χ0) is 14.1. The Morgan fingerprint density at radius 1 is 1.37 bits per heavy atom. The molecule has 0 aromatic carbocycles. The third kappa shape index (κ3) is 3.40. The molecule has 0 aliphatic heterocycles. The number of nitrogens with one attached hydrogen (secondary N) is 2. The predicted octanol–water partition coefficient (Wildman–Crippen LogP) is 1.72. The first-order valence-electron chi connectivity index (χ1n) is 5.56. The van der Waals surface area contributed by atoms with Crippen LogP contribution in [0.2, 0.25) is 0 Å². The number of hydrazine groups is 1. The SMILES string of the molecule is O=C(NNCc1ccc(C(F)(F)F)cn1)C1(F)CC1. The molecule has 0 atom stereocenters. The van der Waals surface area contributed by atoms with Gasteiger partial charge >= 0.3 is 6.18 Å². The van der Waals surface area contributed by atoms with Crippen molar-refractivity contribution in [2.24, 2.45) is 0 Å². The molecular formula is C11H11F4N3O. The maximum Gasteiger partial charge on any atom is 0.417 e. The van der Waals surface area contributed by atoms with Gasteiger partial charge in [0, 0.05) is 6.20 Å². The zero-order valence-electron chi connectivity index (χ0n) is 9.72. The van der Waals surface area contributed by atoms with E-state index in [9.17, 15) is 22.4 Å². The number of aromatic nitrogens is 1. The van der Waals surface area contributed by atoms with E-state index < -0.39 is 23.3 Å². The van der Waals surface area contributed by atoms with E-state index >= 15 is 0 Å². The van der Waals surface area contributed by atoms with Crippen LogP contribution in [0.4, 0.5) is 17.6 Å². The summed E-state index contributed by atoms with van der Waals surface area (Å²) in [5.74, 6) is -0.764. The molecule has 2 rings (SSSR count). The van der Waals surface area contributed by atoms with Gasteiger partial charge in [-0.2, -0.15) is 13.2 Å². The average Bonchev–Trinajstić information content (AvgIpc) is 3.08. The summed E-state index contributed by atoms with van der Waals surface area (Å²) < 4.78 is 50.0. The van der Waals surface area contributed by atoms with Crippen LogP contribution in [0.5, 0.6) is 0 Å². The molecule has 104 valence electrons. The molecule has 0 saturated heterocycles. The Labute approximate surface area is 106 Å². The quantitative estimate of drug-likeness (QED) is 0.651. The van der Waals surface area contributed by atoms with Crippen LogP contribution in [0.15, 0.2) is 18.3 Å². The minimum Gasteiger partial charge on any atom is -0.288 e. The second-order valence-corrected chi connectivity index (χ2v) is 4.31. The molecular weight excluding hydrogens is 266 g/mol. The van der Waals surface area contributed by atoms with Crippen LogP contribution >= 0.6 is 0 Å². The van der Waals surface area contributed by atoms with Gasteiger partial charge < -0.3 is 0 Å². The summed E-state index contributed by atoms with van der Waals surface area (Å²) in [7, 11) is 0. The maximum atomic E-state index is 13.2. The molecule has 1 fully saturated rings. The fraction of sp³-hybridized carbons (Fsp3) is 0.455. The number of hydrogen-bond donors (Lipinski definition) is 2. The number of carbonyl (C=O) groups excluding carboxylic acids is 1. The molecule has 0 bridgehead atoms. The van der Waals surface area contributed by atoms with E-state index in [2.05, 4.69) is 15.8 Å². The molecule has 1 aromatic rings. The van der Waals surface area contributed by atoms with Crippen LogP contribution in [0.3, 0.4) is 0 Å². The van der Waals surface area contributed by atoms with Crippen LogP contribution in [-0.4, -0.2) is 16.6 Å². The van der Waals surface area contributed by atoms with Gasteiger partial charge in [-0.05, 0) is 25.0 Å². The number of hydrogen-bond acceptors (Lipinski definition) is 3. The maximum absolute atomic E-state index is 13.2. The van der Waals surface area contributed by atoms with Gasteiger partial charge in [0.05, 0.1) is 17.8 Å². The van der Waals surface area contributed by atoms with E-state index in [0.717, 1.165) is 6.07 Å². The Balaban J connectivity index is 1.82. The topological polar surface area (TPSA) is 54.0 Å². The van der Waals surface area contributed by atoms with E-state index in [1.165, 1.54) is 6.07 Å². The number of rotatable bonds is 4. The lowest BCUT2D eigenvalue weighted by Crippen LogP contribution is -2.42. The van der Waals surface area contributed by atoms with Crippen molar-refractivity contribution >= 4 is 5.91 Å². The number of halogens is 4. The second-order valence-electron chi connectivity index (χ2n) is 4.31. The molecule has 1 saturated carbocycles. The Morgan fingerprint density at radius 2 is 2.05 bits per heavy atom. The number of pyridine rings is 1. The van der Waals surface area contributed by atoms with Crippen LogP contribution in [0.25, 0.3) is 0 Å². The van der Waals surface area contributed by atoms with Crippen molar-refractivity contribution in [3.05, 3.63) is 29.6 Å². The average molecular weight is 277 g/mol. The Hall–Kier alpha value is -1.70. The molecule has 4 nitrogen and oxygen atoms in total. The van der Waals surface area contributed by atoms with Crippen molar-refractivity contribution in [3.63, 3.8) is 0 Å². The highest BCUT2D eigenvalue weighted by Gasteiger charge is 2.50. The van der Waals surface area contributed by atoms with Gasteiger partial charge in [0.25, 0.3) is 5.91 Å². The van der Waals surface area contributed by atoms with E-state index in [1.54, 1.807) is 0 Å². The molecule has 1 aliphatic rings. The minimum atomic E-state index is -4.43. The fourth-order valence-corrected chi connectivity index (χ4v) is 1.36. The molecule has 1 heterocycles. The molecule has 1 aliphatic carbocycles. The lowest BCUT2D eigenvalue weighted by Gasteiger charge is -2.10. The van der Waals surface area contributed by atoms with Crippen molar-refractivity contribution in [1.29, 1.82) is 0 Å². The number of alkyl halides is 4. The van der Waals surface area contributed by atoms with E-state index in [0.29, 0.717) is 11.9 Å². The van der Waals surface area contributed by atoms with Gasteiger partial charge in [-0.15, -0.1) is 0 Å². The molecule has 0 radical (unpaired) electrons. The summed E-state index contributed by atoms with van der Waals surface area (Å²) in [4.78, 5) is 14.8. The van der Waals surface area contributed by atoms with Gasteiger partial charge in [0.2, 0.25) is 0 Å². The van der Waals surface area contributed by atoms with Crippen LogP contribution in [0, 0.1) is 0 Å². The summed E-state index contributed by atoms with van der Waals surface area (Å²) >= 11 is 0. The lowest BCUT2D eigenvalue weighted by atomic mass is 10.2. The van der Waals surface area contributed by atoms with Crippen molar-refractivity contribution in [1.82, 2.24) is 15.8 Å². The van der Waals surface area contributed by atoms with Gasteiger partial charge in [-0.3, -0.25) is 15.2 Å². The van der Waals surface area contributed by atoms with Gasteiger partial charge in [0.1, 0.15) is 0 Å². The normalized spacial score (nSPS) is 17.1. The standard InChI is InChI=1S/C11H11F4N3O/c12-10(3-4-10)9(19)18-17-6-8-2-1-7(5-16-8)11(13,14)15/h1-2,5,17H,3-4,6H2,(H,18,19). The van der Waals surface area contributed by atoms with Gasteiger partial charge in [0.15, 0.2) is 5.67 Å². The predicted molar refractivity (Wildman–Crippen MR) is 57.3 cm³/mol. The number of carbonyl (C=O) groups is 1.